The molecule has 116 valence electrons. The zero-order chi connectivity index (χ0) is 15.0. The second-order valence-electron chi connectivity index (χ2n) is 7.75. The maximum Gasteiger partial charge on any atom is 0.226 e. The van der Waals surface area contributed by atoms with Gasteiger partial charge in [-0.1, -0.05) is 20.8 Å². The zero-order valence-electron chi connectivity index (χ0n) is 13.2. The van der Waals surface area contributed by atoms with Crippen molar-refractivity contribution in [2.75, 3.05) is 13.2 Å². The number of rotatable bonds is 3. The number of carbonyl (C=O) groups is 1. The van der Waals surface area contributed by atoms with Gasteiger partial charge in [-0.3, -0.25) is 4.79 Å². The van der Waals surface area contributed by atoms with Crippen LogP contribution in [0.2, 0.25) is 0 Å². The lowest BCUT2D eigenvalue weighted by Crippen LogP contribution is -2.58. The fourth-order valence-electron chi connectivity index (χ4n) is 4.43. The number of carbonyl (C=O) groups excluding carboxylic acids is 1. The summed E-state index contributed by atoms with van der Waals surface area (Å²) >= 11 is 0. The van der Waals surface area contributed by atoms with E-state index in [0.29, 0.717) is 12.5 Å². The maximum atomic E-state index is 12.5. The fraction of sp³-hybridized carbons (Fsp3) is 0.938. The van der Waals surface area contributed by atoms with Crippen LogP contribution in [-0.4, -0.2) is 35.9 Å². The average Bonchev–Trinajstić information content (AvgIpc) is 2.72. The lowest BCUT2D eigenvalue weighted by molar-refractivity contribution is -0.130. The summed E-state index contributed by atoms with van der Waals surface area (Å²) in [5.41, 5.74) is -0.300. The van der Waals surface area contributed by atoms with Crippen LogP contribution in [0.3, 0.4) is 0 Å². The highest BCUT2D eigenvalue weighted by molar-refractivity contribution is 5.80. The second-order valence-corrected chi connectivity index (χ2v) is 7.75. The molecule has 1 aliphatic carbocycles. The van der Waals surface area contributed by atoms with Gasteiger partial charge >= 0.3 is 0 Å². The lowest BCUT2D eigenvalue weighted by Gasteiger charge is -2.47. The molecular formula is C16H29NO3. The molecule has 1 amide bonds. The Labute approximate surface area is 122 Å². The van der Waals surface area contributed by atoms with E-state index in [9.17, 15) is 9.90 Å². The smallest absolute Gasteiger partial charge is 0.226 e. The lowest BCUT2D eigenvalue weighted by atomic mass is 9.64. The molecule has 1 saturated heterocycles. The molecule has 4 heteroatoms. The predicted octanol–water partition coefficient (Wildman–Crippen LogP) is 2.10. The highest BCUT2D eigenvalue weighted by atomic mass is 16.5. The van der Waals surface area contributed by atoms with Crippen LogP contribution >= 0.6 is 0 Å². The van der Waals surface area contributed by atoms with Crippen molar-refractivity contribution in [2.45, 2.75) is 65.0 Å². The molecule has 0 aromatic heterocycles. The molecule has 1 heterocycles. The predicted molar refractivity (Wildman–Crippen MR) is 78.3 cm³/mol. The third kappa shape index (κ3) is 3.34. The van der Waals surface area contributed by atoms with Crippen LogP contribution in [0.1, 0.15) is 53.4 Å². The van der Waals surface area contributed by atoms with E-state index in [1.54, 1.807) is 0 Å². The Bertz CT molecular complexity index is 369. The van der Waals surface area contributed by atoms with E-state index >= 15 is 0 Å². The minimum Gasteiger partial charge on any atom is -0.394 e. The topological polar surface area (TPSA) is 58.6 Å². The van der Waals surface area contributed by atoms with E-state index in [1.165, 1.54) is 0 Å². The van der Waals surface area contributed by atoms with Gasteiger partial charge in [0.2, 0.25) is 5.91 Å². The van der Waals surface area contributed by atoms with Gasteiger partial charge < -0.3 is 15.2 Å². The molecule has 2 aliphatic rings. The third-order valence-corrected chi connectivity index (χ3v) is 4.86. The molecule has 4 nitrogen and oxygen atoms in total. The SMILES string of the molecule is C[C@@H]1CC(C)(C)C[C@](CO)(NC(=O)[C@@H]2CCO[C@H]2C)C1. The molecule has 1 saturated carbocycles. The van der Waals surface area contributed by atoms with Crippen LogP contribution < -0.4 is 5.32 Å². The highest BCUT2D eigenvalue weighted by Crippen LogP contribution is 2.44. The van der Waals surface area contributed by atoms with Crippen molar-refractivity contribution >= 4 is 5.91 Å². The summed E-state index contributed by atoms with van der Waals surface area (Å²) in [4.78, 5) is 12.5. The van der Waals surface area contributed by atoms with Crippen LogP contribution in [0.4, 0.5) is 0 Å². The number of amides is 1. The molecule has 0 bridgehead atoms. The summed E-state index contributed by atoms with van der Waals surface area (Å²) in [7, 11) is 0. The first-order valence-electron chi connectivity index (χ1n) is 7.81. The van der Waals surface area contributed by atoms with Crippen molar-refractivity contribution in [1.29, 1.82) is 0 Å². The molecule has 2 rings (SSSR count). The number of ether oxygens (including phenoxy) is 1. The van der Waals surface area contributed by atoms with Crippen molar-refractivity contribution in [3.05, 3.63) is 0 Å². The summed E-state index contributed by atoms with van der Waals surface area (Å²) in [6, 6.07) is 0. The van der Waals surface area contributed by atoms with Gasteiger partial charge in [0, 0.05) is 6.61 Å². The molecule has 0 radical (unpaired) electrons. The first kappa shape index (κ1) is 15.8. The Hall–Kier alpha value is -0.610. The van der Waals surface area contributed by atoms with Crippen molar-refractivity contribution < 1.29 is 14.6 Å². The Morgan fingerprint density at radius 3 is 2.55 bits per heavy atom. The van der Waals surface area contributed by atoms with Gasteiger partial charge in [0.25, 0.3) is 0 Å². The number of aliphatic hydroxyl groups is 1. The Morgan fingerprint density at radius 2 is 2.05 bits per heavy atom. The largest absolute Gasteiger partial charge is 0.394 e. The van der Waals surface area contributed by atoms with Crippen LogP contribution in [0.25, 0.3) is 0 Å². The normalized spacial score (nSPS) is 40.5. The van der Waals surface area contributed by atoms with Gasteiger partial charge in [-0.05, 0) is 43.9 Å². The maximum absolute atomic E-state index is 12.5. The van der Waals surface area contributed by atoms with Crippen LogP contribution in [0, 0.1) is 17.3 Å². The quantitative estimate of drug-likeness (QED) is 0.834. The monoisotopic (exact) mass is 283 g/mol. The van der Waals surface area contributed by atoms with Gasteiger partial charge in [-0.2, -0.15) is 0 Å². The molecule has 0 unspecified atom stereocenters. The zero-order valence-corrected chi connectivity index (χ0v) is 13.2. The molecular weight excluding hydrogens is 254 g/mol. The van der Waals surface area contributed by atoms with Crippen LogP contribution in [0.15, 0.2) is 0 Å². The number of hydrogen-bond donors (Lipinski definition) is 2. The van der Waals surface area contributed by atoms with Crippen molar-refractivity contribution in [3.63, 3.8) is 0 Å². The molecule has 2 fully saturated rings. The van der Waals surface area contributed by atoms with E-state index in [0.717, 1.165) is 25.7 Å². The minimum absolute atomic E-state index is 0.0141. The number of hydrogen-bond acceptors (Lipinski definition) is 3. The number of aliphatic hydroxyl groups excluding tert-OH is 1. The first-order valence-corrected chi connectivity index (χ1v) is 7.81. The third-order valence-electron chi connectivity index (χ3n) is 4.86. The number of nitrogens with one attached hydrogen (secondary N) is 1. The van der Waals surface area contributed by atoms with Gasteiger partial charge in [0.15, 0.2) is 0 Å². The van der Waals surface area contributed by atoms with Gasteiger partial charge in [-0.15, -0.1) is 0 Å². The average molecular weight is 283 g/mol. The minimum atomic E-state index is -0.458. The van der Waals surface area contributed by atoms with Gasteiger partial charge in [0.1, 0.15) is 0 Å². The highest BCUT2D eigenvalue weighted by Gasteiger charge is 2.45. The molecule has 4 atom stereocenters. The van der Waals surface area contributed by atoms with Crippen molar-refractivity contribution in [1.82, 2.24) is 5.32 Å². The molecule has 1 aliphatic heterocycles. The van der Waals surface area contributed by atoms with Crippen LogP contribution in [-0.2, 0) is 9.53 Å². The van der Waals surface area contributed by atoms with E-state index in [2.05, 4.69) is 26.1 Å². The second kappa shape index (κ2) is 5.64. The van der Waals surface area contributed by atoms with E-state index in [4.69, 9.17) is 4.74 Å². The molecule has 0 spiro atoms. The Morgan fingerprint density at radius 1 is 1.35 bits per heavy atom. The Kier molecular flexibility index (Phi) is 4.45. The van der Waals surface area contributed by atoms with Crippen molar-refractivity contribution in [3.8, 4) is 0 Å². The molecule has 0 aromatic carbocycles. The summed E-state index contributed by atoms with van der Waals surface area (Å²) < 4.78 is 5.48. The summed E-state index contributed by atoms with van der Waals surface area (Å²) in [5.74, 6) is 0.496. The standard InChI is InChI=1S/C16H29NO3/c1-11-7-15(3,4)9-16(8-11,10-18)17-14(19)13-5-6-20-12(13)2/h11-13,18H,5-10H2,1-4H3,(H,17,19)/t11-,12+,13-,16-/m1/s1. The Balaban J connectivity index is 2.09. The van der Waals surface area contributed by atoms with Crippen LogP contribution in [0.5, 0.6) is 0 Å². The van der Waals surface area contributed by atoms with E-state index < -0.39 is 5.54 Å². The van der Waals surface area contributed by atoms with E-state index in [-0.39, 0.29) is 30.0 Å². The molecule has 0 aromatic rings. The van der Waals surface area contributed by atoms with Gasteiger partial charge in [0.05, 0.1) is 24.2 Å². The van der Waals surface area contributed by atoms with E-state index in [1.807, 2.05) is 6.92 Å². The summed E-state index contributed by atoms with van der Waals surface area (Å²) in [6.07, 6.45) is 3.62. The molecule has 20 heavy (non-hydrogen) atoms. The summed E-state index contributed by atoms with van der Waals surface area (Å²) in [5, 5.41) is 13.1. The molecule has 2 N–H and O–H groups in total. The van der Waals surface area contributed by atoms with Crippen molar-refractivity contribution in [2.24, 2.45) is 17.3 Å². The fourth-order valence-corrected chi connectivity index (χ4v) is 4.43. The first-order chi connectivity index (χ1) is 9.27. The van der Waals surface area contributed by atoms with Gasteiger partial charge in [-0.25, -0.2) is 0 Å². The summed E-state index contributed by atoms with van der Waals surface area (Å²) in [6.45, 7) is 9.29.